The molecular formula is C57H98NO8P. The quantitative estimate of drug-likeness (QED) is 0.0264. The molecule has 3 N–H and O–H groups in total. The number of phosphoric ester groups is 1. The van der Waals surface area contributed by atoms with Gasteiger partial charge in [-0.2, -0.15) is 0 Å². The highest BCUT2D eigenvalue weighted by Gasteiger charge is 2.26. The van der Waals surface area contributed by atoms with Crippen LogP contribution in [0.25, 0.3) is 0 Å². The van der Waals surface area contributed by atoms with Crippen molar-refractivity contribution < 1.29 is 37.6 Å². The monoisotopic (exact) mass is 956 g/mol. The minimum atomic E-state index is -4.39. The predicted octanol–water partition coefficient (Wildman–Crippen LogP) is 16.5. The average Bonchev–Trinajstić information content (AvgIpc) is 3.32. The third-order valence-corrected chi connectivity index (χ3v) is 11.9. The minimum Gasteiger partial charge on any atom is -0.462 e. The number of carbonyl (C=O) groups excluding carboxylic acids is 2. The SMILES string of the molecule is CC/C=C\C/C=C\C/C=C\C/C=C\C/C=C\C/C=C\CCCCCCCCCCCCC(=O)OC(COC(=O)CCCCCCCCC/C=C\C/C=C\CCCCC)COP(=O)(O)OCCN. The van der Waals surface area contributed by atoms with E-state index < -0.39 is 32.5 Å². The number of allylic oxidation sites excluding steroid dienone is 16. The molecule has 0 aliphatic carbocycles. The first-order chi connectivity index (χ1) is 32.8. The summed E-state index contributed by atoms with van der Waals surface area (Å²) in [6, 6.07) is 0. The van der Waals surface area contributed by atoms with E-state index in [-0.39, 0.29) is 32.6 Å². The van der Waals surface area contributed by atoms with E-state index in [0.29, 0.717) is 6.42 Å². The number of esters is 2. The number of phosphoric acid groups is 1. The fourth-order valence-corrected chi connectivity index (χ4v) is 7.79. The summed E-state index contributed by atoms with van der Waals surface area (Å²) in [7, 11) is -4.39. The van der Waals surface area contributed by atoms with Gasteiger partial charge < -0.3 is 20.1 Å². The molecule has 0 spiro atoms. The van der Waals surface area contributed by atoms with Gasteiger partial charge in [0.05, 0.1) is 13.2 Å². The number of unbranched alkanes of at least 4 members (excludes halogenated alkanes) is 20. The van der Waals surface area contributed by atoms with Crippen molar-refractivity contribution in [3.05, 3.63) is 97.2 Å². The number of hydrogen-bond donors (Lipinski definition) is 2. The molecule has 2 atom stereocenters. The molecule has 384 valence electrons. The van der Waals surface area contributed by atoms with Crippen molar-refractivity contribution in [3.63, 3.8) is 0 Å². The standard InChI is InChI=1S/C57H98NO8P/c1-3-5-7-9-11-13-15-17-19-21-22-23-24-25-26-27-28-29-30-31-32-34-36-38-40-42-44-46-48-50-57(60)66-55(54-65-67(61,62)64-52-51-58)53-63-56(59)49-47-45-43-41-39-37-35-33-20-18-16-14-12-10-8-6-4-2/h5,7,11-14,17-20,22-23,25-26,28-29,55H,3-4,6,8-10,15-16,21,24,27,30-54,58H2,1-2H3,(H,61,62)/b7-5-,13-11-,14-12-,19-17-,20-18-,23-22-,26-25-,29-28-. The molecule has 0 aromatic rings. The molecule has 0 aromatic carbocycles. The van der Waals surface area contributed by atoms with E-state index >= 15 is 0 Å². The molecule has 0 rings (SSSR count). The van der Waals surface area contributed by atoms with Crippen LogP contribution in [0.2, 0.25) is 0 Å². The van der Waals surface area contributed by atoms with Gasteiger partial charge in [-0.1, -0.05) is 207 Å². The Labute approximate surface area is 410 Å². The predicted molar refractivity (Wildman–Crippen MR) is 284 cm³/mol. The highest BCUT2D eigenvalue weighted by Crippen LogP contribution is 2.43. The molecule has 0 saturated heterocycles. The van der Waals surface area contributed by atoms with Crippen molar-refractivity contribution in [1.82, 2.24) is 0 Å². The van der Waals surface area contributed by atoms with Crippen LogP contribution in [-0.2, 0) is 32.7 Å². The van der Waals surface area contributed by atoms with Crippen LogP contribution in [0.3, 0.4) is 0 Å². The molecular weight excluding hydrogens is 858 g/mol. The van der Waals surface area contributed by atoms with Gasteiger partial charge in [-0.3, -0.25) is 18.6 Å². The normalized spacial score (nSPS) is 13.9. The molecule has 0 fully saturated rings. The lowest BCUT2D eigenvalue weighted by atomic mass is 10.0. The maximum Gasteiger partial charge on any atom is 0.472 e. The smallest absolute Gasteiger partial charge is 0.462 e. The van der Waals surface area contributed by atoms with E-state index in [1.165, 1.54) is 83.5 Å². The summed E-state index contributed by atoms with van der Waals surface area (Å²) in [5, 5.41) is 0. The van der Waals surface area contributed by atoms with E-state index in [9.17, 15) is 19.0 Å². The van der Waals surface area contributed by atoms with Crippen molar-refractivity contribution in [2.45, 2.75) is 225 Å². The van der Waals surface area contributed by atoms with Gasteiger partial charge in [0.25, 0.3) is 0 Å². The van der Waals surface area contributed by atoms with Gasteiger partial charge >= 0.3 is 19.8 Å². The summed E-state index contributed by atoms with van der Waals surface area (Å²) in [6.07, 6.45) is 68.7. The van der Waals surface area contributed by atoms with Crippen LogP contribution >= 0.6 is 7.82 Å². The molecule has 0 aliphatic rings. The highest BCUT2D eigenvalue weighted by atomic mass is 31.2. The zero-order valence-electron chi connectivity index (χ0n) is 42.6. The van der Waals surface area contributed by atoms with Crippen molar-refractivity contribution in [3.8, 4) is 0 Å². The van der Waals surface area contributed by atoms with Crippen molar-refractivity contribution >= 4 is 19.8 Å². The summed E-state index contributed by atoms with van der Waals surface area (Å²) in [5.74, 6) is -0.846. The molecule has 0 amide bonds. The Morgan fingerprint density at radius 2 is 0.821 bits per heavy atom. The molecule has 0 aliphatic heterocycles. The Kier molecular flexibility index (Phi) is 49.9. The summed E-state index contributed by atoms with van der Waals surface area (Å²) < 4.78 is 32.9. The summed E-state index contributed by atoms with van der Waals surface area (Å²) in [6.45, 7) is 3.58. The zero-order valence-corrected chi connectivity index (χ0v) is 43.5. The molecule has 0 bridgehead atoms. The molecule has 0 heterocycles. The molecule has 2 unspecified atom stereocenters. The van der Waals surface area contributed by atoms with E-state index in [1.54, 1.807) is 0 Å². The largest absolute Gasteiger partial charge is 0.472 e. The van der Waals surface area contributed by atoms with Crippen molar-refractivity contribution in [2.24, 2.45) is 5.73 Å². The average molecular weight is 956 g/mol. The first-order valence-electron chi connectivity index (χ1n) is 26.7. The van der Waals surface area contributed by atoms with Gasteiger partial charge in [-0.15, -0.1) is 0 Å². The molecule has 67 heavy (non-hydrogen) atoms. The Morgan fingerprint density at radius 3 is 1.22 bits per heavy atom. The Bertz CT molecular complexity index is 1410. The minimum absolute atomic E-state index is 0.0470. The summed E-state index contributed by atoms with van der Waals surface area (Å²) in [5.41, 5.74) is 5.37. The van der Waals surface area contributed by atoms with Crippen LogP contribution in [0, 0.1) is 0 Å². The van der Waals surface area contributed by atoms with Crippen LogP contribution in [0.4, 0.5) is 0 Å². The number of rotatable bonds is 49. The lowest BCUT2D eigenvalue weighted by Gasteiger charge is -2.19. The van der Waals surface area contributed by atoms with Gasteiger partial charge in [0.1, 0.15) is 6.61 Å². The van der Waals surface area contributed by atoms with E-state index in [2.05, 4.69) is 111 Å². The Hall–Kier alpha value is -3.07. The summed E-state index contributed by atoms with van der Waals surface area (Å²) in [4.78, 5) is 35.1. The molecule has 10 heteroatoms. The van der Waals surface area contributed by atoms with Gasteiger partial charge in [0.15, 0.2) is 6.10 Å². The Morgan fingerprint density at radius 1 is 0.463 bits per heavy atom. The van der Waals surface area contributed by atoms with Gasteiger partial charge in [0, 0.05) is 19.4 Å². The van der Waals surface area contributed by atoms with Crippen molar-refractivity contribution in [1.29, 1.82) is 0 Å². The topological polar surface area (TPSA) is 134 Å². The molecule has 0 aromatic heterocycles. The van der Waals surface area contributed by atoms with Crippen molar-refractivity contribution in [2.75, 3.05) is 26.4 Å². The number of ether oxygens (including phenoxy) is 2. The second kappa shape index (κ2) is 52.3. The number of nitrogens with two attached hydrogens (primary N) is 1. The maximum absolute atomic E-state index is 12.7. The zero-order chi connectivity index (χ0) is 48.8. The van der Waals surface area contributed by atoms with Crippen LogP contribution in [0.15, 0.2) is 97.2 Å². The third-order valence-electron chi connectivity index (χ3n) is 11.0. The lowest BCUT2D eigenvalue weighted by Crippen LogP contribution is -2.29. The van der Waals surface area contributed by atoms with Crippen LogP contribution in [-0.4, -0.2) is 49.3 Å². The molecule has 9 nitrogen and oxygen atoms in total. The number of carbonyl (C=O) groups is 2. The third kappa shape index (κ3) is 52.2. The van der Waals surface area contributed by atoms with E-state index in [4.69, 9.17) is 24.3 Å². The van der Waals surface area contributed by atoms with Crippen LogP contribution < -0.4 is 5.73 Å². The highest BCUT2D eigenvalue weighted by molar-refractivity contribution is 7.47. The first kappa shape index (κ1) is 63.9. The first-order valence-corrected chi connectivity index (χ1v) is 28.2. The molecule has 0 saturated carbocycles. The fourth-order valence-electron chi connectivity index (χ4n) is 7.02. The van der Waals surface area contributed by atoms with Gasteiger partial charge in [-0.05, 0) is 96.3 Å². The van der Waals surface area contributed by atoms with Gasteiger partial charge in [-0.25, -0.2) is 4.57 Å². The van der Waals surface area contributed by atoms with Crippen LogP contribution in [0.1, 0.15) is 219 Å². The number of hydrogen-bond acceptors (Lipinski definition) is 8. The van der Waals surface area contributed by atoms with E-state index in [0.717, 1.165) is 103 Å². The summed E-state index contributed by atoms with van der Waals surface area (Å²) >= 11 is 0. The second-order valence-corrected chi connectivity index (χ2v) is 18.8. The molecule has 0 radical (unpaired) electrons. The maximum atomic E-state index is 12.7. The van der Waals surface area contributed by atoms with Gasteiger partial charge in [0.2, 0.25) is 0 Å². The lowest BCUT2D eigenvalue weighted by molar-refractivity contribution is -0.161. The Balaban J connectivity index is 4.05. The second-order valence-electron chi connectivity index (χ2n) is 17.4. The van der Waals surface area contributed by atoms with Crippen LogP contribution in [0.5, 0.6) is 0 Å². The fraction of sp³-hybridized carbons (Fsp3) is 0.684. The van der Waals surface area contributed by atoms with E-state index in [1.807, 2.05) is 0 Å².